The van der Waals surface area contributed by atoms with Gasteiger partial charge in [-0.05, 0) is 42.2 Å². The van der Waals surface area contributed by atoms with Crippen LogP contribution in [0.2, 0.25) is 0 Å². The third-order valence-corrected chi connectivity index (χ3v) is 8.04. The smallest absolute Gasteiger partial charge is 0.272 e. The highest BCUT2D eigenvalue weighted by atomic mass is 32.2. The van der Waals surface area contributed by atoms with Crippen molar-refractivity contribution in [3.8, 4) is 0 Å². The first kappa shape index (κ1) is 24.6. The molecule has 5 rings (SSSR count). The largest absolute Gasteiger partial charge is 0.370 e. The van der Waals surface area contributed by atoms with E-state index in [2.05, 4.69) is 55.6 Å². The molecule has 4 heterocycles. The van der Waals surface area contributed by atoms with Gasteiger partial charge in [0.25, 0.3) is 5.91 Å². The molecule has 2 aliphatic heterocycles. The number of rotatable bonds is 8. The summed E-state index contributed by atoms with van der Waals surface area (Å²) in [6.45, 7) is 9.25. The molecule has 0 bridgehead atoms. The Hall–Kier alpha value is -3.10. The lowest BCUT2D eigenvalue weighted by molar-refractivity contribution is 0.0535. The fourth-order valence-corrected chi connectivity index (χ4v) is 5.89. The zero-order valence-electron chi connectivity index (χ0n) is 20.7. The number of carbonyl (C=O) groups is 1. The fourth-order valence-electron chi connectivity index (χ4n) is 4.98. The predicted molar refractivity (Wildman–Crippen MR) is 147 cm³/mol. The Labute approximate surface area is 217 Å². The van der Waals surface area contributed by atoms with Gasteiger partial charge in [-0.1, -0.05) is 30.9 Å². The zero-order chi connectivity index (χ0) is 24.7. The minimum Gasteiger partial charge on any atom is -0.370 e. The minimum absolute atomic E-state index is 0.00720. The van der Waals surface area contributed by atoms with E-state index < -0.39 is 0 Å². The number of aromatic nitrogens is 3. The molecule has 0 aliphatic carbocycles. The third-order valence-electron chi connectivity index (χ3n) is 7.09. The number of aromatic amines is 1. The molecular formula is C28H34N6OS. The molecule has 2 aromatic heterocycles. The van der Waals surface area contributed by atoms with Crippen LogP contribution < -0.4 is 4.90 Å². The Morgan fingerprint density at radius 3 is 2.50 bits per heavy atom. The van der Waals surface area contributed by atoms with Crippen LogP contribution in [0.3, 0.4) is 0 Å². The highest BCUT2D eigenvalue weighted by Crippen LogP contribution is 2.24. The van der Waals surface area contributed by atoms with Gasteiger partial charge >= 0.3 is 0 Å². The Morgan fingerprint density at radius 2 is 1.86 bits per heavy atom. The lowest BCUT2D eigenvalue weighted by Gasteiger charge is -2.38. The van der Waals surface area contributed by atoms with Crippen molar-refractivity contribution in [2.45, 2.75) is 32.0 Å². The number of hydrogen-bond donors (Lipinski definition) is 1. The van der Waals surface area contributed by atoms with E-state index in [1.807, 2.05) is 35.0 Å². The molecule has 0 atom stereocenters. The number of imidazole rings is 1. The van der Waals surface area contributed by atoms with Crippen LogP contribution in [-0.2, 0) is 13.1 Å². The second-order valence-electron chi connectivity index (χ2n) is 9.42. The summed E-state index contributed by atoms with van der Waals surface area (Å²) in [6.07, 6.45) is 8.99. The van der Waals surface area contributed by atoms with Crippen molar-refractivity contribution in [2.24, 2.45) is 0 Å². The van der Waals surface area contributed by atoms with Gasteiger partial charge in [0.1, 0.15) is 11.5 Å². The highest BCUT2D eigenvalue weighted by Gasteiger charge is 2.29. The fraction of sp³-hybridized carbons (Fsp3) is 0.393. The molecule has 2 aliphatic rings. The summed E-state index contributed by atoms with van der Waals surface area (Å²) in [5, 5.41) is 0. The SMILES string of the molecule is C=Cc1ccc(C(=O)N(Cc2ccc(N3CCSCC3)cc2)C2CCN(Cc3ncc[nH]3)CC2)nc1. The Bertz CT molecular complexity index is 1120. The first-order valence-electron chi connectivity index (χ1n) is 12.7. The maximum Gasteiger partial charge on any atom is 0.272 e. The molecule has 1 N–H and O–H groups in total. The maximum atomic E-state index is 13.7. The van der Waals surface area contributed by atoms with Gasteiger partial charge in [0.05, 0.1) is 6.54 Å². The number of carbonyl (C=O) groups excluding carboxylic acids is 1. The number of H-pyrrole nitrogens is 1. The van der Waals surface area contributed by atoms with Gasteiger partial charge in [0.15, 0.2) is 0 Å². The highest BCUT2D eigenvalue weighted by molar-refractivity contribution is 7.99. The van der Waals surface area contributed by atoms with E-state index in [9.17, 15) is 4.79 Å². The van der Waals surface area contributed by atoms with Gasteiger partial charge in [-0.15, -0.1) is 0 Å². The Balaban J connectivity index is 1.30. The van der Waals surface area contributed by atoms with Crippen LogP contribution in [-0.4, -0.2) is 74.4 Å². The second-order valence-corrected chi connectivity index (χ2v) is 10.6. The molecule has 7 nitrogen and oxygen atoms in total. The molecule has 0 saturated carbocycles. The molecule has 3 aromatic rings. The molecule has 0 spiro atoms. The van der Waals surface area contributed by atoms with Crippen molar-refractivity contribution in [2.75, 3.05) is 42.6 Å². The minimum atomic E-state index is -0.00720. The number of nitrogens with one attached hydrogen (secondary N) is 1. The van der Waals surface area contributed by atoms with Crippen molar-refractivity contribution in [3.05, 3.63) is 84.2 Å². The van der Waals surface area contributed by atoms with E-state index >= 15 is 0 Å². The average Bonchev–Trinajstić information content (AvgIpc) is 3.46. The van der Waals surface area contributed by atoms with Crippen LogP contribution in [0.5, 0.6) is 0 Å². The van der Waals surface area contributed by atoms with Crippen molar-refractivity contribution < 1.29 is 4.79 Å². The predicted octanol–water partition coefficient (Wildman–Crippen LogP) is 4.31. The van der Waals surface area contributed by atoms with Crippen molar-refractivity contribution in [1.29, 1.82) is 0 Å². The lowest BCUT2D eigenvalue weighted by atomic mass is 10.0. The Morgan fingerprint density at radius 1 is 1.08 bits per heavy atom. The zero-order valence-corrected chi connectivity index (χ0v) is 21.5. The third kappa shape index (κ3) is 5.99. The van der Waals surface area contributed by atoms with Crippen molar-refractivity contribution >= 4 is 29.4 Å². The lowest BCUT2D eigenvalue weighted by Crippen LogP contribution is -2.47. The first-order chi connectivity index (χ1) is 17.7. The number of pyridine rings is 1. The standard InChI is InChI=1S/C28H34N6OS/c1-2-22-5-8-26(31-19-22)28(35)34(25-9-13-32(14-10-25)21-27-29-11-12-30-27)20-23-3-6-24(7-4-23)33-15-17-36-18-16-33/h2-8,11-12,19,25H,1,9-10,13-18,20-21H2,(H,29,30). The van der Waals surface area contributed by atoms with Gasteiger partial charge in [0, 0.05) is 74.5 Å². The van der Waals surface area contributed by atoms with Crippen LogP contribution in [0.1, 0.15) is 40.3 Å². The molecule has 0 radical (unpaired) electrons. The summed E-state index contributed by atoms with van der Waals surface area (Å²) in [4.78, 5) is 32.6. The molecule has 2 fully saturated rings. The quantitative estimate of drug-likeness (QED) is 0.495. The number of anilines is 1. The van der Waals surface area contributed by atoms with Crippen molar-refractivity contribution in [1.82, 2.24) is 24.8 Å². The van der Waals surface area contributed by atoms with E-state index in [0.717, 1.165) is 62.5 Å². The molecule has 1 amide bonds. The number of hydrogen-bond acceptors (Lipinski definition) is 6. The molecule has 8 heteroatoms. The monoisotopic (exact) mass is 502 g/mol. The van der Waals surface area contributed by atoms with Crippen LogP contribution in [0.25, 0.3) is 6.08 Å². The molecule has 0 unspecified atom stereocenters. The van der Waals surface area contributed by atoms with Gasteiger partial charge in [-0.3, -0.25) is 14.7 Å². The summed E-state index contributed by atoms with van der Waals surface area (Å²) >= 11 is 2.02. The molecule has 36 heavy (non-hydrogen) atoms. The summed E-state index contributed by atoms with van der Waals surface area (Å²) in [6, 6.07) is 12.7. The van der Waals surface area contributed by atoms with Gasteiger partial charge in [-0.2, -0.15) is 11.8 Å². The topological polar surface area (TPSA) is 68.4 Å². The summed E-state index contributed by atoms with van der Waals surface area (Å²) in [7, 11) is 0. The van der Waals surface area contributed by atoms with E-state index in [-0.39, 0.29) is 11.9 Å². The summed E-state index contributed by atoms with van der Waals surface area (Å²) in [5.74, 6) is 3.34. The van der Waals surface area contributed by atoms with Crippen LogP contribution >= 0.6 is 11.8 Å². The molecular weight excluding hydrogens is 468 g/mol. The number of amides is 1. The first-order valence-corrected chi connectivity index (χ1v) is 13.9. The molecule has 2 saturated heterocycles. The number of nitrogens with zero attached hydrogens (tertiary/aromatic N) is 5. The van der Waals surface area contributed by atoms with Crippen molar-refractivity contribution in [3.63, 3.8) is 0 Å². The number of thioether (sulfide) groups is 1. The van der Waals surface area contributed by atoms with E-state index in [1.165, 1.54) is 17.2 Å². The normalized spacial score (nSPS) is 17.2. The molecule has 188 valence electrons. The summed E-state index contributed by atoms with van der Waals surface area (Å²) in [5.41, 5.74) is 3.82. The van der Waals surface area contributed by atoms with Gasteiger partial charge < -0.3 is 14.8 Å². The van der Waals surface area contributed by atoms with E-state index in [0.29, 0.717) is 12.2 Å². The van der Waals surface area contributed by atoms with E-state index in [1.54, 1.807) is 18.5 Å². The molecule has 1 aromatic carbocycles. The average molecular weight is 503 g/mol. The van der Waals surface area contributed by atoms with Gasteiger partial charge in [-0.25, -0.2) is 4.98 Å². The number of piperidine rings is 1. The van der Waals surface area contributed by atoms with E-state index in [4.69, 9.17) is 0 Å². The Kier molecular flexibility index (Phi) is 8.03. The maximum absolute atomic E-state index is 13.7. The number of benzene rings is 1. The number of likely N-dealkylation sites (tertiary alicyclic amines) is 1. The van der Waals surface area contributed by atoms with Crippen LogP contribution in [0.15, 0.2) is 61.6 Å². The second kappa shape index (κ2) is 11.8. The summed E-state index contributed by atoms with van der Waals surface area (Å²) < 4.78 is 0. The van der Waals surface area contributed by atoms with Crippen LogP contribution in [0, 0.1) is 0 Å². The van der Waals surface area contributed by atoms with Gasteiger partial charge in [0.2, 0.25) is 0 Å². The van der Waals surface area contributed by atoms with Crippen LogP contribution in [0.4, 0.5) is 5.69 Å².